The van der Waals surface area contributed by atoms with E-state index < -0.39 is 5.25 Å². The minimum atomic E-state index is -0.404. The molecule has 2 aromatic carbocycles. The molecule has 1 amide bonds. The lowest BCUT2D eigenvalue weighted by Gasteiger charge is -2.10. The lowest BCUT2D eigenvalue weighted by molar-refractivity contribution is -0.115. The van der Waals surface area contributed by atoms with Gasteiger partial charge in [-0.1, -0.05) is 23.9 Å². The average Bonchev–Trinajstić information content (AvgIpc) is 3.15. The van der Waals surface area contributed by atoms with Gasteiger partial charge in [-0.05, 0) is 49.7 Å². The first-order valence-corrected chi connectivity index (χ1v) is 9.48. The number of hydrogen-bond acceptors (Lipinski definition) is 7. The number of aryl methyl sites for hydroxylation is 1. The Balaban J connectivity index is 1.67. The van der Waals surface area contributed by atoms with Crippen LogP contribution < -0.4 is 14.8 Å². The fourth-order valence-corrected chi connectivity index (χ4v) is 3.20. The highest BCUT2D eigenvalue weighted by molar-refractivity contribution is 8.00. The van der Waals surface area contributed by atoms with Crippen LogP contribution in [0.4, 0.5) is 5.69 Å². The number of benzene rings is 2. The summed E-state index contributed by atoms with van der Waals surface area (Å²) in [5.41, 5.74) is 2.54. The Hall–Kier alpha value is -3.00. The van der Waals surface area contributed by atoms with E-state index in [1.54, 1.807) is 39.3 Å². The molecule has 146 valence electrons. The molecular formula is C20H21N3O4S. The first-order chi connectivity index (χ1) is 13.5. The highest BCUT2D eigenvalue weighted by atomic mass is 32.2. The largest absolute Gasteiger partial charge is 0.493 e. The predicted octanol–water partition coefficient (Wildman–Crippen LogP) is 4.18. The van der Waals surface area contributed by atoms with Crippen molar-refractivity contribution >= 4 is 23.4 Å². The van der Waals surface area contributed by atoms with Gasteiger partial charge in [0.15, 0.2) is 11.5 Å². The van der Waals surface area contributed by atoms with E-state index in [0.717, 1.165) is 11.3 Å². The van der Waals surface area contributed by atoms with Crippen LogP contribution in [0.3, 0.4) is 0 Å². The Bertz CT molecular complexity index is 974. The zero-order chi connectivity index (χ0) is 20.1. The van der Waals surface area contributed by atoms with Crippen molar-refractivity contribution in [2.24, 2.45) is 0 Å². The molecule has 7 nitrogen and oxygen atoms in total. The number of amides is 1. The molecule has 8 heteroatoms. The molecule has 28 heavy (non-hydrogen) atoms. The van der Waals surface area contributed by atoms with Crippen molar-refractivity contribution < 1.29 is 18.7 Å². The lowest BCUT2D eigenvalue weighted by atomic mass is 10.2. The number of ether oxygens (including phenoxy) is 2. The molecule has 0 bridgehead atoms. The van der Waals surface area contributed by atoms with E-state index in [1.165, 1.54) is 11.8 Å². The maximum atomic E-state index is 12.4. The fourth-order valence-electron chi connectivity index (χ4n) is 2.51. The van der Waals surface area contributed by atoms with Gasteiger partial charge in [-0.25, -0.2) is 0 Å². The van der Waals surface area contributed by atoms with Crippen LogP contribution in [0.1, 0.15) is 12.5 Å². The van der Waals surface area contributed by atoms with Crippen molar-refractivity contribution in [3.63, 3.8) is 0 Å². The third-order valence-corrected chi connectivity index (χ3v) is 4.90. The number of thioether (sulfide) groups is 1. The molecule has 0 spiro atoms. The smallest absolute Gasteiger partial charge is 0.277 e. The number of carbonyl (C=O) groups excluding carboxylic acids is 1. The van der Waals surface area contributed by atoms with Gasteiger partial charge in [0.25, 0.3) is 5.22 Å². The van der Waals surface area contributed by atoms with E-state index in [0.29, 0.717) is 28.2 Å². The van der Waals surface area contributed by atoms with E-state index >= 15 is 0 Å². The van der Waals surface area contributed by atoms with Gasteiger partial charge in [0, 0.05) is 11.3 Å². The Morgan fingerprint density at radius 1 is 1.11 bits per heavy atom. The number of anilines is 1. The SMILES string of the molecule is COc1ccc(-c2nnc(S[C@@H](C)C(=O)Nc3cccc(C)c3)o2)cc1OC. The van der Waals surface area contributed by atoms with Crippen molar-refractivity contribution in [2.45, 2.75) is 24.3 Å². The van der Waals surface area contributed by atoms with Crippen LogP contribution in [0, 0.1) is 6.92 Å². The van der Waals surface area contributed by atoms with E-state index in [2.05, 4.69) is 15.5 Å². The second kappa shape index (κ2) is 8.79. The van der Waals surface area contributed by atoms with Gasteiger partial charge in [0.1, 0.15) is 0 Å². The minimum absolute atomic E-state index is 0.138. The molecule has 0 aliphatic rings. The lowest BCUT2D eigenvalue weighted by Crippen LogP contribution is -2.22. The minimum Gasteiger partial charge on any atom is -0.493 e. The normalized spacial score (nSPS) is 11.7. The summed E-state index contributed by atoms with van der Waals surface area (Å²) in [5, 5.41) is 10.9. The average molecular weight is 399 g/mol. The Kier molecular flexibility index (Phi) is 6.20. The Morgan fingerprint density at radius 3 is 2.61 bits per heavy atom. The number of aromatic nitrogens is 2. The standard InChI is InChI=1S/C20H21N3O4S/c1-12-6-5-7-15(10-12)21-18(24)13(2)28-20-23-22-19(27-20)14-8-9-16(25-3)17(11-14)26-4/h5-11,13H,1-4H3,(H,21,24)/t13-/m0/s1. The monoisotopic (exact) mass is 399 g/mol. The van der Waals surface area contributed by atoms with Gasteiger partial charge in [0.2, 0.25) is 11.8 Å². The van der Waals surface area contributed by atoms with Gasteiger partial charge < -0.3 is 19.2 Å². The zero-order valence-corrected chi connectivity index (χ0v) is 16.9. The maximum absolute atomic E-state index is 12.4. The van der Waals surface area contributed by atoms with E-state index in [1.807, 2.05) is 31.2 Å². The molecule has 1 aromatic heterocycles. The molecule has 1 N–H and O–H groups in total. The van der Waals surface area contributed by atoms with Crippen molar-refractivity contribution in [3.05, 3.63) is 48.0 Å². The van der Waals surface area contributed by atoms with Crippen LogP contribution in [-0.2, 0) is 4.79 Å². The first kappa shape index (κ1) is 19.8. The maximum Gasteiger partial charge on any atom is 0.277 e. The van der Waals surface area contributed by atoms with Crippen molar-refractivity contribution in [1.29, 1.82) is 0 Å². The number of rotatable bonds is 7. The van der Waals surface area contributed by atoms with E-state index in [4.69, 9.17) is 13.9 Å². The first-order valence-electron chi connectivity index (χ1n) is 8.60. The number of carbonyl (C=O) groups is 1. The summed E-state index contributed by atoms with van der Waals surface area (Å²) in [6.45, 7) is 3.76. The number of methoxy groups -OCH3 is 2. The summed E-state index contributed by atoms with van der Waals surface area (Å²) in [6, 6.07) is 13.0. The highest BCUT2D eigenvalue weighted by Crippen LogP contribution is 2.33. The summed E-state index contributed by atoms with van der Waals surface area (Å²) in [7, 11) is 3.13. The second-order valence-electron chi connectivity index (χ2n) is 6.06. The third-order valence-electron chi connectivity index (χ3n) is 3.97. The quantitative estimate of drug-likeness (QED) is 0.596. The summed E-state index contributed by atoms with van der Waals surface area (Å²) in [6.07, 6.45) is 0. The molecule has 1 heterocycles. The molecule has 0 aliphatic carbocycles. The molecule has 1 atom stereocenters. The molecular weight excluding hydrogens is 378 g/mol. The number of nitrogens with zero attached hydrogens (tertiary/aromatic N) is 2. The molecule has 0 saturated heterocycles. The number of hydrogen-bond donors (Lipinski definition) is 1. The molecule has 0 radical (unpaired) electrons. The van der Waals surface area contributed by atoms with Gasteiger partial charge in [-0.3, -0.25) is 4.79 Å². The van der Waals surface area contributed by atoms with Gasteiger partial charge >= 0.3 is 0 Å². The van der Waals surface area contributed by atoms with Crippen molar-refractivity contribution in [1.82, 2.24) is 10.2 Å². The van der Waals surface area contributed by atoms with Gasteiger partial charge in [-0.2, -0.15) is 0 Å². The van der Waals surface area contributed by atoms with Crippen LogP contribution in [-0.4, -0.2) is 35.6 Å². The summed E-state index contributed by atoms with van der Waals surface area (Å²) in [5.74, 6) is 1.39. The van der Waals surface area contributed by atoms with Crippen LogP contribution in [0.25, 0.3) is 11.5 Å². The number of nitrogens with one attached hydrogen (secondary N) is 1. The van der Waals surface area contributed by atoms with Crippen molar-refractivity contribution in [2.75, 3.05) is 19.5 Å². The second-order valence-corrected chi connectivity index (χ2v) is 7.35. The molecule has 0 unspecified atom stereocenters. The third kappa shape index (κ3) is 4.64. The molecule has 0 aliphatic heterocycles. The molecule has 0 fully saturated rings. The van der Waals surface area contributed by atoms with Crippen molar-refractivity contribution in [3.8, 4) is 23.0 Å². The van der Waals surface area contributed by atoms with Crippen LogP contribution >= 0.6 is 11.8 Å². The van der Waals surface area contributed by atoms with Crippen LogP contribution in [0.15, 0.2) is 52.1 Å². The summed E-state index contributed by atoms with van der Waals surface area (Å²) in [4.78, 5) is 12.4. The topological polar surface area (TPSA) is 86.5 Å². The highest BCUT2D eigenvalue weighted by Gasteiger charge is 2.19. The van der Waals surface area contributed by atoms with Gasteiger partial charge in [0.05, 0.1) is 19.5 Å². The molecule has 3 aromatic rings. The Morgan fingerprint density at radius 2 is 1.89 bits per heavy atom. The van der Waals surface area contributed by atoms with Crippen LogP contribution in [0.2, 0.25) is 0 Å². The van der Waals surface area contributed by atoms with E-state index in [-0.39, 0.29) is 5.91 Å². The van der Waals surface area contributed by atoms with Gasteiger partial charge in [-0.15, -0.1) is 10.2 Å². The molecule has 3 rings (SSSR count). The zero-order valence-electron chi connectivity index (χ0n) is 16.1. The summed E-state index contributed by atoms with van der Waals surface area (Å²) < 4.78 is 16.2. The van der Waals surface area contributed by atoms with E-state index in [9.17, 15) is 4.79 Å². The summed E-state index contributed by atoms with van der Waals surface area (Å²) >= 11 is 1.20. The fraction of sp³-hybridized carbons (Fsp3) is 0.250. The Labute approximate surface area is 167 Å². The predicted molar refractivity (Wildman–Crippen MR) is 108 cm³/mol. The molecule has 0 saturated carbocycles. The van der Waals surface area contributed by atoms with Crippen LogP contribution in [0.5, 0.6) is 11.5 Å².